The fourth-order valence-corrected chi connectivity index (χ4v) is 5.70. The van der Waals surface area contributed by atoms with Crippen LogP contribution in [0.15, 0.2) is 81.3 Å². The van der Waals surface area contributed by atoms with Gasteiger partial charge in [-0.25, -0.2) is 0 Å². The number of halogens is 3. The highest BCUT2D eigenvalue weighted by molar-refractivity contribution is 7.99. The summed E-state index contributed by atoms with van der Waals surface area (Å²) < 4.78 is 46.0. The summed E-state index contributed by atoms with van der Waals surface area (Å²) in [5, 5.41) is 9.75. The number of hydrogen-bond acceptors (Lipinski definition) is 6. The summed E-state index contributed by atoms with van der Waals surface area (Å²) in [5.41, 5.74) is 1.57. The number of aromatic nitrogens is 1. The number of fused-ring (bicyclic) bond motifs is 2. The predicted molar refractivity (Wildman–Crippen MR) is 130 cm³/mol. The van der Waals surface area contributed by atoms with Crippen molar-refractivity contribution in [2.75, 3.05) is 18.1 Å². The minimum atomic E-state index is -4.42. The molecule has 0 bridgehead atoms. The van der Waals surface area contributed by atoms with Crippen LogP contribution in [0.2, 0.25) is 0 Å². The molecular formula is C25H19F3N2O3S2. The van der Waals surface area contributed by atoms with E-state index in [0.717, 1.165) is 38.4 Å². The first-order valence-corrected chi connectivity index (χ1v) is 12.3. The molecule has 2 heterocycles. The predicted octanol–water partition coefficient (Wildman–Crippen LogP) is 6.43. The molecule has 10 heteroatoms. The standard InChI is InChI=1S/C25H19F3N2O3S2/c26-25(27,28)16-7-10-21-19(14-16)30(18-3-1-2-4-20(18)34-21)11-12-33-17-8-5-15(6-9-17)13-22-23(31)29-24(32)35-22/h1-10,14,31H,11-13H2,(H,29,32). The molecule has 35 heavy (non-hydrogen) atoms. The van der Waals surface area contributed by atoms with E-state index in [1.54, 1.807) is 12.1 Å². The number of para-hydroxylation sites is 1. The van der Waals surface area contributed by atoms with Crippen molar-refractivity contribution in [3.8, 4) is 11.6 Å². The van der Waals surface area contributed by atoms with Crippen molar-refractivity contribution in [2.24, 2.45) is 0 Å². The number of ether oxygens (including phenoxy) is 1. The van der Waals surface area contributed by atoms with E-state index in [0.29, 0.717) is 29.3 Å². The molecule has 0 spiro atoms. The molecule has 180 valence electrons. The maximum Gasteiger partial charge on any atom is 0.416 e. The molecule has 0 saturated carbocycles. The van der Waals surface area contributed by atoms with Gasteiger partial charge in [0, 0.05) is 16.2 Å². The van der Waals surface area contributed by atoms with Crippen LogP contribution < -0.4 is 14.5 Å². The van der Waals surface area contributed by atoms with Gasteiger partial charge in [-0.3, -0.25) is 9.78 Å². The van der Waals surface area contributed by atoms with Crippen LogP contribution in [0.4, 0.5) is 24.5 Å². The number of benzene rings is 3. The van der Waals surface area contributed by atoms with Gasteiger partial charge in [0.15, 0.2) is 0 Å². The lowest BCUT2D eigenvalue weighted by molar-refractivity contribution is -0.137. The molecule has 1 aliphatic heterocycles. The van der Waals surface area contributed by atoms with Crippen molar-refractivity contribution < 1.29 is 23.0 Å². The van der Waals surface area contributed by atoms with Crippen molar-refractivity contribution >= 4 is 34.5 Å². The number of alkyl halides is 3. The highest BCUT2D eigenvalue weighted by atomic mass is 32.2. The first-order chi connectivity index (χ1) is 16.8. The Morgan fingerprint density at radius 2 is 1.71 bits per heavy atom. The quantitative estimate of drug-likeness (QED) is 0.309. The second-order valence-electron chi connectivity index (χ2n) is 7.86. The van der Waals surface area contributed by atoms with Crippen molar-refractivity contribution in [3.63, 3.8) is 0 Å². The van der Waals surface area contributed by atoms with Gasteiger partial charge >= 0.3 is 11.0 Å². The van der Waals surface area contributed by atoms with Crippen LogP contribution in [0.1, 0.15) is 16.0 Å². The Labute approximate surface area is 206 Å². The summed E-state index contributed by atoms with van der Waals surface area (Å²) in [4.78, 5) is 17.5. The van der Waals surface area contributed by atoms with Crippen molar-refractivity contribution in [3.05, 3.63) is 92.4 Å². The zero-order chi connectivity index (χ0) is 24.6. The van der Waals surface area contributed by atoms with Gasteiger partial charge in [-0.1, -0.05) is 47.4 Å². The number of aromatic hydroxyl groups is 1. The number of aromatic amines is 1. The number of hydrogen-bond donors (Lipinski definition) is 2. The third-order valence-electron chi connectivity index (χ3n) is 5.53. The molecule has 0 fully saturated rings. The van der Waals surface area contributed by atoms with Gasteiger partial charge in [-0.05, 0) is 48.0 Å². The van der Waals surface area contributed by atoms with Gasteiger partial charge in [-0.2, -0.15) is 13.2 Å². The molecule has 0 aliphatic carbocycles. The Morgan fingerprint density at radius 1 is 0.971 bits per heavy atom. The average molecular weight is 517 g/mol. The largest absolute Gasteiger partial charge is 0.494 e. The van der Waals surface area contributed by atoms with Crippen LogP contribution >= 0.6 is 23.1 Å². The van der Waals surface area contributed by atoms with Crippen LogP contribution in [-0.4, -0.2) is 23.2 Å². The van der Waals surface area contributed by atoms with Crippen LogP contribution in [0.5, 0.6) is 11.6 Å². The number of rotatable bonds is 6. The molecule has 0 saturated heterocycles. The summed E-state index contributed by atoms with van der Waals surface area (Å²) in [5.74, 6) is 0.499. The highest BCUT2D eigenvalue weighted by Gasteiger charge is 2.33. The molecule has 4 aromatic rings. The van der Waals surface area contributed by atoms with E-state index >= 15 is 0 Å². The van der Waals surface area contributed by atoms with Gasteiger partial charge in [-0.15, -0.1) is 0 Å². The molecule has 1 aromatic heterocycles. The monoisotopic (exact) mass is 516 g/mol. The summed E-state index contributed by atoms with van der Waals surface area (Å²) in [6.07, 6.45) is -4.01. The third kappa shape index (κ3) is 5.03. The molecule has 0 radical (unpaired) electrons. The van der Waals surface area contributed by atoms with Crippen molar-refractivity contribution in [1.29, 1.82) is 0 Å². The SMILES string of the molecule is O=c1[nH]c(O)c(Cc2ccc(OCCN3c4ccccc4Sc4ccc(C(F)(F)F)cc43)cc2)s1. The summed E-state index contributed by atoms with van der Waals surface area (Å²) in [7, 11) is 0. The molecule has 0 atom stereocenters. The van der Waals surface area contributed by atoms with Crippen LogP contribution in [0, 0.1) is 0 Å². The first kappa shape index (κ1) is 23.4. The van der Waals surface area contributed by atoms with Crippen molar-refractivity contribution in [2.45, 2.75) is 22.4 Å². The number of thiazole rings is 1. The smallest absolute Gasteiger partial charge is 0.416 e. The maximum atomic E-state index is 13.4. The second-order valence-corrected chi connectivity index (χ2v) is 10.0. The minimum absolute atomic E-state index is 0.116. The van der Waals surface area contributed by atoms with Gasteiger partial charge in [0.2, 0.25) is 5.88 Å². The summed E-state index contributed by atoms with van der Waals surface area (Å²) >= 11 is 2.42. The Hall–Kier alpha value is -3.37. The topological polar surface area (TPSA) is 65.6 Å². The zero-order valence-electron chi connectivity index (χ0n) is 18.1. The lowest BCUT2D eigenvalue weighted by atomic mass is 10.1. The van der Waals surface area contributed by atoms with E-state index in [9.17, 15) is 23.1 Å². The third-order valence-corrected chi connectivity index (χ3v) is 7.53. The zero-order valence-corrected chi connectivity index (χ0v) is 19.8. The number of anilines is 2. The first-order valence-electron chi connectivity index (χ1n) is 10.7. The minimum Gasteiger partial charge on any atom is -0.494 e. The Balaban J connectivity index is 1.30. The van der Waals surface area contributed by atoms with E-state index in [1.807, 2.05) is 41.3 Å². The molecule has 1 aliphatic rings. The highest BCUT2D eigenvalue weighted by Crippen LogP contribution is 2.49. The molecule has 5 rings (SSSR count). The lowest BCUT2D eigenvalue weighted by Crippen LogP contribution is -2.26. The number of H-pyrrole nitrogens is 1. The number of nitrogens with one attached hydrogen (secondary N) is 1. The Bertz CT molecular complexity index is 1410. The van der Waals surface area contributed by atoms with Crippen molar-refractivity contribution in [1.82, 2.24) is 4.98 Å². The molecular weight excluding hydrogens is 497 g/mol. The van der Waals surface area contributed by atoms with E-state index in [4.69, 9.17) is 4.74 Å². The fraction of sp³-hybridized carbons (Fsp3) is 0.160. The van der Waals surface area contributed by atoms with E-state index in [2.05, 4.69) is 4.98 Å². The normalized spacial score (nSPS) is 12.8. The lowest BCUT2D eigenvalue weighted by Gasteiger charge is -2.33. The Kier molecular flexibility index (Phi) is 6.24. The molecule has 2 N–H and O–H groups in total. The summed E-state index contributed by atoms with van der Waals surface area (Å²) in [6.45, 7) is 0.618. The number of nitrogens with zero attached hydrogens (tertiary/aromatic N) is 1. The van der Waals surface area contributed by atoms with E-state index in [1.165, 1.54) is 23.9 Å². The van der Waals surface area contributed by atoms with E-state index < -0.39 is 11.7 Å². The van der Waals surface area contributed by atoms with Gasteiger partial charge in [0.1, 0.15) is 12.4 Å². The van der Waals surface area contributed by atoms with Crippen LogP contribution in [-0.2, 0) is 12.6 Å². The molecule has 3 aromatic carbocycles. The maximum absolute atomic E-state index is 13.4. The fourth-order valence-electron chi connectivity index (χ4n) is 3.86. The van der Waals surface area contributed by atoms with Crippen LogP contribution in [0.3, 0.4) is 0 Å². The Morgan fingerprint density at radius 3 is 2.43 bits per heavy atom. The second kappa shape index (κ2) is 9.35. The van der Waals surface area contributed by atoms with Gasteiger partial charge in [0.25, 0.3) is 0 Å². The molecule has 0 unspecified atom stereocenters. The van der Waals surface area contributed by atoms with Crippen LogP contribution in [0.25, 0.3) is 0 Å². The van der Waals surface area contributed by atoms with E-state index in [-0.39, 0.29) is 17.4 Å². The average Bonchev–Trinajstić information content (AvgIpc) is 3.15. The molecule has 0 amide bonds. The molecule has 5 nitrogen and oxygen atoms in total. The van der Waals surface area contributed by atoms with Gasteiger partial charge in [0.05, 0.1) is 28.4 Å². The van der Waals surface area contributed by atoms with Gasteiger partial charge < -0.3 is 14.7 Å². The summed E-state index contributed by atoms with van der Waals surface area (Å²) in [6, 6.07) is 18.7.